The van der Waals surface area contributed by atoms with Crippen LogP contribution in [0.1, 0.15) is 18.9 Å². The van der Waals surface area contributed by atoms with Crippen LogP contribution in [0.25, 0.3) is 0 Å². The van der Waals surface area contributed by atoms with Crippen LogP contribution < -0.4 is 5.73 Å². The van der Waals surface area contributed by atoms with Gasteiger partial charge in [-0.2, -0.15) is 0 Å². The summed E-state index contributed by atoms with van der Waals surface area (Å²) in [4.78, 5) is 12.7. The molecule has 0 radical (unpaired) electrons. The van der Waals surface area contributed by atoms with E-state index in [0.717, 1.165) is 25.1 Å². The van der Waals surface area contributed by atoms with Gasteiger partial charge in [0, 0.05) is 25.2 Å². The lowest BCUT2D eigenvalue weighted by Crippen LogP contribution is -2.45. The number of nitrogens with zero attached hydrogens (tertiary/aromatic N) is 2. The predicted octanol–water partition coefficient (Wildman–Crippen LogP) is 2.42. The quantitative estimate of drug-likeness (QED) is 0.683. The monoisotopic (exact) mass is 283 g/mol. The predicted molar refractivity (Wildman–Crippen MR) is 75.1 cm³/mol. The molecule has 2 rings (SSSR count). The maximum absolute atomic E-state index is 10.9. The van der Waals surface area contributed by atoms with Crippen molar-refractivity contribution >= 4 is 17.3 Å². The van der Waals surface area contributed by atoms with Crippen LogP contribution in [0.3, 0.4) is 0 Å². The molecule has 2 unspecified atom stereocenters. The van der Waals surface area contributed by atoms with Crippen molar-refractivity contribution in [3.8, 4) is 0 Å². The summed E-state index contributed by atoms with van der Waals surface area (Å²) in [5.74, 6) is 0.455. The molecule has 1 aliphatic heterocycles. The van der Waals surface area contributed by atoms with Gasteiger partial charge in [0.25, 0.3) is 5.69 Å². The number of halogens is 1. The van der Waals surface area contributed by atoms with Gasteiger partial charge in [-0.15, -0.1) is 0 Å². The first-order valence-corrected chi connectivity index (χ1v) is 6.76. The molecule has 1 fully saturated rings. The minimum atomic E-state index is -0.444. The first-order chi connectivity index (χ1) is 8.97. The fraction of sp³-hybridized carbons (Fsp3) is 0.538. The Balaban J connectivity index is 2.07. The second-order valence-corrected chi connectivity index (χ2v) is 5.62. The van der Waals surface area contributed by atoms with Crippen LogP contribution in [-0.4, -0.2) is 29.0 Å². The molecule has 19 heavy (non-hydrogen) atoms. The number of benzene rings is 1. The molecule has 0 aliphatic carbocycles. The molecule has 1 aromatic rings. The third-order valence-electron chi connectivity index (χ3n) is 3.67. The van der Waals surface area contributed by atoms with Gasteiger partial charge < -0.3 is 5.73 Å². The largest absolute Gasteiger partial charge is 0.327 e. The maximum Gasteiger partial charge on any atom is 0.288 e. The summed E-state index contributed by atoms with van der Waals surface area (Å²) in [6.45, 7) is 4.70. The molecule has 0 amide bonds. The van der Waals surface area contributed by atoms with E-state index in [1.807, 2.05) is 6.07 Å². The van der Waals surface area contributed by atoms with E-state index < -0.39 is 4.92 Å². The highest BCUT2D eigenvalue weighted by atomic mass is 35.5. The zero-order chi connectivity index (χ0) is 14.0. The van der Waals surface area contributed by atoms with Crippen molar-refractivity contribution in [2.75, 3.05) is 13.1 Å². The van der Waals surface area contributed by atoms with Crippen LogP contribution in [0.2, 0.25) is 5.02 Å². The normalized spacial score (nSPS) is 24.4. The SMILES string of the molecule is CC1CN(Cc2ccc(Cl)c([N+](=O)[O-])c2)CCC1N. The molecule has 2 atom stereocenters. The van der Waals surface area contributed by atoms with Crippen molar-refractivity contribution in [3.05, 3.63) is 38.9 Å². The molecule has 1 heterocycles. The number of likely N-dealkylation sites (tertiary alicyclic amines) is 1. The van der Waals surface area contributed by atoms with E-state index >= 15 is 0 Å². The first-order valence-electron chi connectivity index (χ1n) is 6.38. The van der Waals surface area contributed by atoms with Crippen molar-refractivity contribution in [2.45, 2.75) is 25.9 Å². The lowest BCUT2D eigenvalue weighted by Gasteiger charge is -2.35. The third-order valence-corrected chi connectivity index (χ3v) is 3.99. The fourth-order valence-corrected chi connectivity index (χ4v) is 2.63. The Morgan fingerprint density at radius 3 is 2.95 bits per heavy atom. The first kappa shape index (κ1) is 14.2. The molecule has 0 spiro atoms. The van der Waals surface area contributed by atoms with Crippen LogP contribution in [0.15, 0.2) is 18.2 Å². The number of hydrogen-bond donors (Lipinski definition) is 1. The van der Waals surface area contributed by atoms with Crippen molar-refractivity contribution < 1.29 is 4.92 Å². The molecule has 1 aliphatic rings. The standard InChI is InChI=1S/C13H18ClN3O2/c1-9-7-16(5-4-12(9)15)8-10-2-3-11(14)13(6-10)17(18)19/h2-3,6,9,12H,4-5,7-8,15H2,1H3. The number of nitrogens with two attached hydrogens (primary N) is 1. The van der Waals surface area contributed by atoms with Crippen LogP contribution >= 0.6 is 11.6 Å². The average molecular weight is 284 g/mol. The fourth-order valence-electron chi connectivity index (χ4n) is 2.45. The van der Waals surface area contributed by atoms with Crippen molar-refractivity contribution in [1.82, 2.24) is 4.90 Å². The van der Waals surface area contributed by atoms with Crippen LogP contribution in [-0.2, 0) is 6.54 Å². The van der Waals surface area contributed by atoms with Crippen molar-refractivity contribution in [2.24, 2.45) is 11.7 Å². The van der Waals surface area contributed by atoms with E-state index in [0.29, 0.717) is 12.5 Å². The minimum Gasteiger partial charge on any atom is -0.327 e. The second kappa shape index (κ2) is 5.86. The lowest BCUT2D eigenvalue weighted by molar-refractivity contribution is -0.384. The summed E-state index contributed by atoms with van der Waals surface area (Å²) < 4.78 is 0. The van der Waals surface area contributed by atoms with E-state index in [2.05, 4.69) is 11.8 Å². The summed E-state index contributed by atoms with van der Waals surface area (Å²) in [7, 11) is 0. The summed E-state index contributed by atoms with van der Waals surface area (Å²) >= 11 is 5.80. The molecular weight excluding hydrogens is 266 g/mol. The van der Waals surface area contributed by atoms with Gasteiger partial charge in [-0.25, -0.2) is 0 Å². The van der Waals surface area contributed by atoms with Gasteiger partial charge >= 0.3 is 0 Å². The Labute approximate surface area is 117 Å². The van der Waals surface area contributed by atoms with Crippen LogP contribution in [0.5, 0.6) is 0 Å². The molecule has 1 aromatic carbocycles. The molecule has 2 N–H and O–H groups in total. The summed E-state index contributed by atoms with van der Waals surface area (Å²) in [5.41, 5.74) is 6.87. The Bertz CT molecular complexity index is 481. The highest BCUT2D eigenvalue weighted by Crippen LogP contribution is 2.26. The number of nitro benzene ring substituents is 1. The van der Waals surface area contributed by atoms with Gasteiger partial charge in [0.1, 0.15) is 5.02 Å². The Hall–Kier alpha value is -1.17. The van der Waals surface area contributed by atoms with Gasteiger partial charge in [-0.1, -0.05) is 24.6 Å². The minimum absolute atomic E-state index is 0.0269. The van der Waals surface area contributed by atoms with Gasteiger partial charge in [0.05, 0.1) is 4.92 Å². The summed E-state index contributed by atoms with van der Waals surface area (Å²) in [5, 5.41) is 11.0. The second-order valence-electron chi connectivity index (χ2n) is 5.21. The zero-order valence-electron chi connectivity index (χ0n) is 10.9. The van der Waals surface area contributed by atoms with Crippen LogP contribution in [0, 0.1) is 16.0 Å². The highest BCUT2D eigenvalue weighted by molar-refractivity contribution is 6.32. The van der Waals surface area contributed by atoms with E-state index in [1.165, 1.54) is 0 Å². The highest BCUT2D eigenvalue weighted by Gasteiger charge is 2.23. The van der Waals surface area contributed by atoms with Crippen molar-refractivity contribution in [3.63, 3.8) is 0 Å². The number of rotatable bonds is 3. The smallest absolute Gasteiger partial charge is 0.288 e. The molecule has 0 saturated carbocycles. The Morgan fingerprint density at radius 2 is 2.32 bits per heavy atom. The van der Waals surface area contributed by atoms with E-state index in [1.54, 1.807) is 12.1 Å². The molecule has 0 aromatic heterocycles. The number of piperidine rings is 1. The van der Waals surface area contributed by atoms with E-state index in [9.17, 15) is 10.1 Å². The molecular formula is C13H18ClN3O2. The summed E-state index contributed by atoms with van der Waals surface area (Å²) in [6, 6.07) is 5.25. The third kappa shape index (κ3) is 3.43. The molecule has 1 saturated heterocycles. The molecule has 5 nitrogen and oxygen atoms in total. The van der Waals surface area contributed by atoms with Gasteiger partial charge in [0.15, 0.2) is 0 Å². The number of nitro groups is 1. The maximum atomic E-state index is 10.9. The van der Waals surface area contributed by atoms with Gasteiger partial charge in [-0.3, -0.25) is 15.0 Å². The van der Waals surface area contributed by atoms with Gasteiger partial charge in [0.2, 0.25) is 0 Å². The molecule has 104 valence electrons. The van der Waals surface area contributed by atoms with Gasteiger partial charge in [-0.05, 0) is 30.5 Å². The summed E-state index contributed by atoms with van der Waals surface area (Å²) in [6.07, 6.45) is 0.969. The van der Waals surface area contributed by atoms with E-state index in [-0.39, 0.29) is 16.8 Å². The topological polar surface area (TPSA) is 72.4 Å². The number of hydrogen-bond acceptors (Lipinski definition) is 4. The lowest BCUT2D eigenvalue weighted by atomic mass is 9.94. The zero-order valence-corrected chi connectivity index (χ0v) is 11.6. The van der Waals surface area contributed by atoms with E-state index in [4.69, 9.17) is 17.3 Å². The van der Waals surface area contributed by atoms with Crippen molar-refractivity contribution in [1.29, 1.82) is 0 Å². The Morgan fingerprint density at radius 1 is 1.58 bits per heavy atom. The molecule has 0 bridgehead atoms. The van der Waals surface area contributed by atoms with Crippen LogP contribution in [0.4, 0.5) is 5.69 Å². The average Bonchev–Trinajstić information content (AvgIpc) is 2.36. The molecule has 6 heteroatoms. The Kier molecular flexibility index (Phi) is 4.39.